The number of ether oxygens (including phenoxy) is 1. The highest BCUT2D eigenvalue weighted by Gasteiger charge is 2.19. The maximum Gasteiger partial charge on any atom is 0.330 e. The van der Waals surface area contributed by atoms with Gasteiger partial charge in [0.25, 0.3) is 0 Å². The van der Waals surface area contributed by atoms with Crippen LogP contribution >= 0.6 is 11.6 Å². The summed E-state index contributed by atoms with van der Waals surface area (Å²) in [7, 11) is -1.49. The van der Waals surface area contributed by atoms with Gasteiger partial charge in [0.2, 0.25) is 0 Å². The zero-order valence-electron chi connectivity index (χ0n) is 11.3. The highest BCUT2D eigenvalue weighted by atomic mass is 35.5. The van der Waals surface area contributed by atoms with Crippen molar-refractivity contribution in [1.29, 1.82) is 0 Å². The zero-order chi connectivity index (χ0) is 13.8. The standard InChI is InChI=1S/C14H19ClO2Si/c1-5-17-14(16)9-7-11-6-8-12(15)10-13(11)18(2,3)4/h6-10H,5H2,1-4H3. The molecule has 0 atom stereocenters. The molecule has 2 nitrogen and oxygen atoms in total. The SMILES string of the molecule is CCOC(=O)C=Cc1ccc(Cl)cc1[Si](C)(C)C. The van der Waals surface area contributed by atoms with Crippen LogP contribution in [0.1, 0.15) is 12.5 Å². The largest absolute Gasteiger partial charge is 0.463 e. The number of hydrogen-bond donors (Lipinski definition) is 0. The third-order valence-corrected chi connectivity index (χ3v) is 4.79. The van der Waals surface area contributed by atoms with Crippen molar-refractivity contribution in [3.05, 3.63) is 34.9 Å². The Bertz CT molecular complexity index is 461. The van der Waals surface area contributed by atoms with Gasteiger partial charge in [0, 0.05) is 11.1 Å². The molecule has 0 unspecified atom stereocenters. The summed E-state index contributed by atoms with van der Waals surface area (Å²) in [6, 6.07) is 5.79. The molecule has 0 spiro atoms. The van der Waals surface area contributed by atoms with Gasteiger partial charge in [-0.2, -0.15) is 0 Å². The van der Waals surface area contributed by atoms with Gasteiger partial charge in [-0.1, -0.05) is 42.5 Å². The van der Waals surface area contributed by atoms with Crippen molar-refractivity contribution < 1.29 is 9.53 Å². The average Bonchev–Trinajstić information content (AvgIpc) is 2.26. The molecule has 0 N–H and O–H groups in total. The molecule has 98 valence electrons. The molecule has 0 bridgehead atoms. The van der Waals surface area contributed by atoms with E-state index in [-0.39, 0.29) is 5.97 Å². The fourth-order valence-corrected chi connectivity index (χ4v) is 3.56. The van der Waals surface area contributed by atoms with Crippen molar-refractivity contribution in [3.63, 3.8) is 0 Å². The molecule has 1 aromatic carbocycles. The van der Waals surface area contributed by atoms with E-state index in [2.05, 4.69) is 19.6 Å². The van der Waals surface area contributed by atoms with Gasteiger partial charge in [-0.05, 0) is 30.7 Å². The first-order valence-electron chi connectivity index (χ1n) is 5.99. The number of benzene rings is 1. The van der Waals surface area contributed by atoms with E-state index in [1.807, 2.05) is 24.3 Å². The maximum absolute atomic E-state index is 11.3. The first-order chi connectivity index (χ1) is 8.34. The Morgan fingerprint density at radius 3 is 2.61 bits per heavy atom. The molecule has 18 heavy (non-hydrogen) atoms. The number of rotatable bonds is 4. The van der Waals surface area contributed by atoms with Gasteiger partial charge in [-0.3, -0.25) is 0 Å². The first-order valence-corrected chi connectivity index (χ1v) is 9.87. The number of carbonyl (C=O) groups is 1. The molecule has 1 rings (SSSR count). The van der Waals surface area contributed by atoms with Crippen molar-refractivity contribution in [2.45, 2.75) is 26.6 Å². The Morgan fingerprint density at radius 2 is 2.06 bits per heavy atom. The molecule has 1 aromatic rings. The number of hydrogen-bond acceptors (Lipinski definition) is 2. The summed E-state index contributed by atoms with van der Waals surface area (Å²) in [5.41, 5.74) is 1.05. The molecule has 0 saturated heterocycles. The van der Waals surface area contributed by atoms with Crippen molar-refractivity contribution in [3.8, 4) is 0 Å². The smallest absolute Gasteiger partial charge is 0.330 e. The number of esters is 1. The van der Waals surface area contributed by atoms with E-state index in [1.165, 1.54) is 11.3 Å². The van der Waals surface area contributed by atoms with E-state index in [1.54, 1.807) is 6.92 Å². The Hall–Kier alpha value is -1.06. The first kappa shape index (κ1) is 15.0. The Morgan fingerprint density at radius 1 is 1.39 bits per heavy atom. The van der Waals surface area contributed by atoms with Gasteiger partial charge in [0.05, 0.1) is 14.7 Å². The molecular formula is C14H19ClO2Si. The van der Waals surface area contributed by atoms with Crippen LogP contribution in [0.3, 0.4) is 0 Å². The van der Waals surface area contributed by atoms with Crippen LogP contribution in [0, 0.1) is 0 Å². The molecule has 0 radical (unpaired) electrons. The van der Waals surface area contributed by atoms with Crippen LogP contribution in [0.15, 0.2) is 24.3 Å². The van der Waals surface area contributed by atoms with Crippen molar-refractivity contribution in [2.75, 3.05) is 6.61 Å². The molecule has 0 aliphatic heterocycles. The van der Waals surface area contributed by atoms with Gasteiger partial charge in [-0.15, -0.1) is 0 Å². The highest BCUT2D eigenvalue weighted by molar-refractivity contribution is 6.89. The number of halogens is 1. The molecule has 0 heterocycles. The maximum atomic E-state index is 11.3. The van der Waals surface area contributed by atoms with E-state index in [0.717, 1.165) is 10.6 Å². The van der Waals surface area contributed by atoms with E-state index >= 15 is 0 Å². The van der Waals surface area contributed by atoms with Gasteiger partial charge in [-0.25, -0.2) is 4.79 Å². The summed E-state index contributed by atoms with van der Waals surface area (Å²) in [5, 5.41) is 1.98. The zero-order valence-corrected chi connectivity index (χ0v) is 13.0. The van der Waals surface area contributed by atoms with Crippen LogP contribution < -0.4 is 5.19 Å². The highest BCUT2D eigenvalue weighted by Crippen LogP contribution is 2.14. The lowest BCUT2D eigenvalue weighted by atomic mass is 10.2. The predicted octanol–water partition coefficient (Wildman–Crippen LogP) is 3.46. The molecule has 0 aliphatic carbocycles. The normalized spacial score (nSPS) is 11.8. The Labute approximate surface area is 115 Å². The molecular weight excluding hydrogens is 264 g/mol. The minimum atomic E-state index is -1.49. The molecule has 0 aliphatic rings. The summed E-state index contributed by atoms with van der Waals surface area (Å²) >= 11 is 6.04. The fraction of sp³-hybridized carbons (Fsp3) is 0.357. The quantitative estimate of drug-likeness (QED) is 0.480. The lowest BCUT2D eigenvalue weighted by Gasteiger charge is -2.19. The summed E-state index contributed by atoms with van der Waals surface area (Å²) in [6.45, 7) is 8.94. The van der Waals surface area contributed by atoms with Crippen LogP contribution in [-0.2, 0) is 9.53 Å². The second kappa shape index (κ2) is 6.21. The van der Waals surface area contributed by atoms with E-state index in [0.29, 0.717) is 6.61 Å². The Kier molecular flexibility index (Phi) is 5.17. The fourth-order valence-electron chi connectivity index (χ4n) is 1.67. The van der Waals surface area contributed by atoms with Crippen molar-refractivity contribution in [1.82, 2.24) is 0 Å². The third kappa shape index (κ3) is 4.31. The van der Waals surface area contributed by atoms with Crippen molar-refractivity contribution >= 4 is 36.9 Å². The average molecular weight is 283 g/mol. The summed E-state index contributed by atoms with van der Waals surface area (Å²) in [6.07, 6.45) is 3.28. The lowest BCUT2D eigenvalue weighted by Crippen LogP contribution is -2.39. The second-order valence-corrected chi connectivity index (χ2v) is 10.5. The second-order valence-electron chi connectivity index (χ2n) is 5.07. The van der Waals surface area contributed by atoms with Gasteiger partial charge in [0.1, 0.15) is 0 Å². The van der Waals surface area contributed by atoms with Gasteiger partial charge < -0.3 is 4.74 Å². The summed E-state index contributed by atoms with van der Waals surface area (Å²) < 4.78 is 4.87. The van der Waals surface area contributed by atoms with Gasteiger partial charge in [0.15, 0.2) is 0 Å². The monoisotopic (exact) mass is 282 g/mol. The molecule has 0 saturated carbocycles. The van der Waals surface area contributed by atoms with Gasteiger partial charge >= 0.3 is 5.97 Å². The number of carbonyl (C=O) groups excluding carboxylic acids is 1. The van der Waals surface area contributed by atoms with Crippen LogP contribution in [0.5, 0.6) is 0 Å². The minimum absolute atomic E-state index is 0.311. The molecule has 0 aromatic heterocycles. The Balaban J connectivity index is 3.06. The predicted molar refractivity (Wildman–Crippen MR) is 80.1 cm³/mol. The third-order valence-electron chi connectivity index (χ3n) is 2.51. The van der Waals surface area contributed by atoms with Crippen molar-refractivity contribution in [2.24, 2.45) is 0 Å². The topological polar surface area (TPSA) is 26.3 Å². The van der Waals surface area contributed by atoms with E-state index < -0.39 is 8.07 Å². The van der Waals surface area contributed by atoms with Crippen LogP contribution in [0.25, 0.3) is 6.08 Å². The van der Waals surface area contributed by atoms with E-state index in [9.17, 15) is 4.79 Å². The molecule has 4 heteroatoms. The minimum Gasteiger partial charge on any atom is -0.463 e. The van der Waals surface area contributed by atoms with Crippen LogP contribution in [-0.4, -0.2) is 20.7 Å². The lowest BCUT2D eigenvalue weighted by molar-refractivity contribution is -0.137. The molecule has 0 fully saturated rings. The summed E-state index contributed by atoms with van der Waals surface area (Å²) in [5.74, 6) is -0.311. The molecule has 0 amide bonds. The van der Waals surface area contributed by atoms with E-state index in [4.69, 9.17) is 16.3 Å². The van der Waals surface area contributed by atoms with Crippen LogP contribution in [0.2, 0.25) is 24.7 Å². The van der Waals surface area contributed by atoms with Crippen LogP contribution in [0.4, 0.5) is 0 Å². The summed E-state index contributed by atoms with van der Waals surface area (Å²) in [4.78, 5) is 11.3.